The third kappa shape index (κ3) is 4.48. The Morgan fingerprint density at radius 3 is 2.57 bits per heavy atom. The highest BCUT2D eigenvalue weighted by Gasteiger charge is 2.13. The number of nitrogens with one attached hydrogen (secondary N) is 1. The number of halogens is 1. The Hall–Kier alpha value is -1.51. The second kappa shape index (κ2) is 8.06. The van der Waals surface area contributed by atoms with E-state index in [4.69, 9.17) is 16.3 Å². The first-order valence-corrected chi connectivity index (χ1v) is 7.73. The van der Waals surface area contributed by atoms with E-state index in [1.54, 1.807) is 7.11 Å². The molecular formula is C18H22ClNO. The van der Waals surface area contributed by atoms with Crippen LogP contribution in [-0.2, 0) is 6.42 Å². The van der Waals surface area contributed by atoms with E-state index in [0.29, 0.717) is 5.02 Å². The average molecular weight is 304 g/mol. The quantitative estimate of drug-likeness (QED) is 0.805. The molecule has 2 rings (SSSR count). The smallest absolute Gasteiger partial charge is 0.137 e. The zero-order valence-electron chi connectivity index (χ0n) is 12.6. The van der Waals surface area contributed by atoms with Crippen LogP contribution >= 0.6 is 11.6 Å². The Bertz CT molecular complexity index is 556. The second-order valence-electron chi connectivity index (χ2n) is 5.09. The summed E-state index contributed by atoms with van der Waals surface area (Å²) < 4.78 is 5.33. The third-order valence-electron chi connectivity index (χ3n) is 3.50. The number of hydrogen-bond acceptors (Lipinski definition) is 2. The maximum Gasteiger partial charge on any atom is 0.137 e. The summed E-state index contributed by atoms with van der Waals surface area (Å²) in [6, 6.07) is 16.8. The monoisotopic (exact) mass is 303 g/mol. The molecule has 0 aliphatic rings. The third-order valence-corrected chi connectivity index (χ3v) is 3.81. The Kier molecular flexibility index (Phi) is 6.09. The van der Waals surface area contributed by atoms with Gasteiger partial charge in [0.05, 0.1) is 12.1 Å². The topological polar surface area (TPSA) is 21.3 Å². The second-order valence-corrected chi connectivity index (χ2v) is 5.50. The fourth-order valence-electron chi connectivity index (χ4n) is 2.37. The lowest BCUT2D eigenvalue weighted by Crippen LogP contribution is -2.24. The summed E-state index contributed by atoms with van der Waals surface area (Å²) >= 11 is 6.12. The molecule has 0 fully saturated rings. The molecule has 3 heteroatoms. The van der Waals surface area contributed by atoms with Crippen molar-refractivity contribution in [2.75, 3.05) is 13.7 Å². The van der Waals surface area contributed by atoms with E-state index >= 15 is 0 Å². The minimum atomic E-state index is 0.263. The molecule has 1 unspecified atom stereocenters. The van der Waals surface area contributed by atoms with Gasteiger partial charge in [0.2, 0.25) is 0 Å². The van der Waals surface area contributed by atoms with Crippen molar-refractivity contribution in [2.24, 2.45) is 0 Å². The number of ether oxygens (including phenoxy) is 1. The molecule has 1 N–H and O–H groups in total. The highest BCUT2D eigenvalue weighted by molar-refractivity contribution is 6.32. The fraction of sp³-hybridized carbons (Fsp3) is 0.333. The summed E-state index contributed by atoms with van der Waals surface area (Å²) in [5.41, 5.74) is 2.52. The molecule has 0 aromatic heterocycles. The molecule has 0 radical (unpaired) electrons. The normalized spacial score (nSPS) is 12.1. The van der Waals surface area contributed by atoms with Crippen molar-refractivity contribution in [3.05, 3.63) is 64.7 Å². The van der Waals surface area contributed by atoms with E-state index in [1.165, 1.54) is 11.1 Å². The summed E-state index contributed by atoms with van der Waals surface area (Å²) in [4.78, 5) is 0. The predicted octanol–water partition coefficient (Wildman–Crippen LogP) is 4.63. The van der Waals surface area contributed by atoms with Gasteiger partial charge in [-0.1, -0.05) is 54.9 Å². The summed E-state index contributed by atoms with van der Waals surface area (Å²) in [6.45, 7) is 3.16. The highest BCUT2D eigenvalue weighted by atomic mass is 35.5. The molecule has 0 spiro atoms. The molecule has 0 aliphatic carbocycles. The lowest BCUT2D eigenvalue weighted by Gasteiger charge is -2.20. The van der Waals surface area contributed by atoms with Crippen molar-refractivity contribution in [3.8, 4) is 5.75 Å². The number of rotatable bonds is 7. The van der Waals surface area contributed by atoms with Crippen LogP contribution in [-0.4, -0.2) is 13.7 Å². The molecule has 2 aromatic carbocycles. The Labute approximate surface area is 132 Å². The standard InChI is InChI=1S/C18H22ClNO/c1-3-11-20-17(12-14-7-5-4-6-8-14)15-9-10-16(19)18(13-15)21-2/h4-10,13,17,20H,3,11-12H2,1-2H3. The first kappa shape index (κ1) is 15.9. The SMILES string of the molecule is CCCNC(Cc1ccccc1)c1ccc(Cl)c(OC)c1. The molecule has 2 nitrogen and oxygen atoms in total. The van der Waals surface area contributed by atoms with E-state index in [0.717, 1.165) is 25.1 Å². The molecule has 0 aliphatic heterocycles. The van der Waals surface area contributed by atoms with E-state index < -0.39 is 0 Å². The molecule has 0 saturated carbocycles. The molecule has 0 saturated heterocycles. The van der Waals surface area contributed by atoms with Gasteiger partial charge in [0, 0.05) is 6.04 Å². The Balaban J connectivity index is 2.22. The first-order chi connectivity index (χ1) is 10.2. The van der Waals surface area contributed by atoms with E-state index in [9.17, 15) is 0 Å². The molecule has 112 valence electrons. The van der Waals surface area contributed by atoms with Crippen molar-refractivity contribution in [3.63, 3.8) is 0 Å². The van der Waals surface area contributed by atoms with Gasteiger partial charge in [0.25, 0.3) is 0 Å². The van der Waals surface area contributed by atoms with Gasteiger partial charge >= 0.3 is 0 Å². The van der Waals surface area contributed by atoms with Gasteiger partial charge in [-0.15, -0.1) is 0 Å². The van der Waals surface area contributed by atoms with Gasteiger partial charge in [-0.05, 0) is 42.6 Å². The highest BCUT2D eigenvalue weighted by Crippen LogP contribution is 2.29. The molecule has 1 atom stereocenters. The van der Waals surface area contributed by atoms with E-state index in [-0.39, 0.29) is 6.04 Å². The Morgan fingerprint density at radius 2 is 1.90 bits per heavy atom. The zero-order chi connectivity index (χ0) is 15.1. The summed E-state index contributed by atoms with van der Waals surface area (Å²) in [5, 5.41) is 4.25. The lowest BCUT2D eigenvalue weighted by molar-refractivity contribution is 0.413. The minimum Gasteiger partial charge on any atom is -0.495 e. The van der Waals surface area contributed by atoms with Gasteiger partial charge in [-0.25, -0.2) is 0 Å². The minimum absolute atomic E-state index is 0.263. The van der Waals surface area contributed by atoms with Crippen LogP contribution in [0, 0.1) is 0 Å². The molecule has 0 heterocycles. The van der Waals surface area contributed by atoms with Crippen LogP contribution in [0.25, 0.3) is 0 Å². The van der Waals surface area contributed by atoms with Crippen molar-refractivity contribution >= 4 is 11.6 Å². The van der Waals surface area contributed by atoms with Crippen molar-refractivity contribution < 1.29 is 4.74 Å². The zero-order valence-corrected chi connectivity index (χ0v) is 13.4. The maximum absolute atomic E-state index is 6.12. The number of methoxy groups -OCH3 is 1. The van der Waals surface area contributed by atoms with Crippen molar-refractivity contribution in [1.29, 1.82) is 0 Å². The van der Waals surface area contributed by atoms with Gasteiger partial charge in [0.1, 0.15) is 5.75 Å². The summed E-state index contributed by atoms with van der Waals surface area (Å²) in [6.07, 6.45) is 2.06. The summed E-state index contributed by atoms with van der Waals surface area (Å²) in [5.74, 6) is 0.727. The van der Waals surface area contributed by atoms with E-state index in [2.05, 4.69) is 42.6 Å². The van der Waals surface area contributed by atoms with Crippen LogP contribution in [0.5, 0.6) is 5.75 Å². The molecule has 0 bridgehead atoms. The van der Waals surface area contributed by atoms with Gasteiger partial charge in [-0.3, -0.25) is 0 Å². The Morgan fingerprint density at radius 1 is 1.14 bits per heavy atom. The molecule has 2 aromatic rings. The van der Waals surface area contributed by atoms with Crippen LogP contribution in [0.4, 0.5) is 0 Å². The largest absolute Gasteiger partial charge is 0.495 e. The molecule has 0 amide bonds. The molecule has 21 heavy (non-hydrogen) atoms. The van der Waals surface area contributed by atoms with E-state index in [1.807, 2.05) is 18.2 Å². The number of hydrogen-bond donors (Lipinski definition) is 1. The van der Waals surface area contributed by atoms with Crippen LogP contribution in [0.15, 0.2) is 48.5 Å². The first-order valence-electron chi connectivity index (χ1n) is 7.35. The van der Waals surface area contributed by atoms with Gasteiger partial charge in [-0.2, -0.15) is 0 Å². The van der Waals surface area contributed by atoms with Crippen LogP contribution in [0.2, 0.25) is 5.02 Å². The van der Waals surface area contributed by atoms with Crippen molar-refractivity contribution in [1.82, 2.24) is 5.32 Å². The maximum atomic E-state index is 6.12. The summed E-state index contributed by atoms with van der Waals surface area (Å²) in [7, 11) is 1.65. The van der Waals surface area contributed by atoms with Gasteiger partial charge in [0.15, 0.2) is 0 Å². The van der Waals surface area contributed by atoms with Crippen LogP contribution in [0.3, 0.4) is 0 Å². The lowest BCUT2D eigenvalue weighted by atomic mass is 9.98. The van der Waals surface area contributed by atoms with Gasteiger partial charge < -0.3 is 10.1 Å². The fourth-order valence-corrected chi connectivity index (χ4v) is 2.56. The van der Waals surface area contributed by atoms with Crippen LogP contribution < -0.4 is 10.1 Å². The average Bonchev–Trinajstić information content (AvgIpc) is 2.53. The number of benzene rings is 2. The predicted molar refractivity (Wildman–Crippen MR) is 89.2 cm³/mol. The molecular weight excluding hydrogens is 282 g/mol. The van der Waals surface area contributed by atoms with Crippen molar-refractivity contribution in [2.45, 2.75) is 25.8 Å². The van der Waals surface area contributed by atoms with Crippen LogP contribution in [0.1, 0.15) is 30.5 Å².